The van der Waals surface area contributed by atoms with E-state index >= 15 is 0 Å². The highest BCUT2D eigenvalue weighted by molar-refractivity contribution is 7.91. The smallest absolute Gasteiger partial charge is 0.257 e. The van der Waals surface area contributed by atoms with E-state index in [0.717, 1.165) is 42.6 Å². The van der Waals surface area contributed by atoms with Gasteiger partial charge in [-0.15, -0.1) is 0 Å². The molecule has 0 saturated carbocycles. The van der Waals surface area contributed by atoms with Crippen LogP contribution in [0.2, 0.25) is 0 Å². The molecule has 27 heavy (non-hydrogen) atoms. The summed E-state index contributed by atoms with van der Waals surface area (Å²) in [4.78, 5) is 17.2. The van der Waals surface area contributed by atoms with Crippen LogP contribution in [-0.2, 0) is 22.7 Å². The predicted molar refractivity (Wildman–Crippen MR) is 103 cm³/mol. The van der Waals surface area contributed by atoms with Crippen LogP contribution in [-0.4, -0.2) is 40.6 Å². The second kappa shape index (κ2) is 6.74. The van der Waals surface area contributed by atoms with Crippen LogP contribution in [0.3, 0.4) is 0 Å². The average molecular weight is 388 g/mol. The molecule has 2 aromatic heterocycles. The molecule has 4 rings (SSSR count). The summed E-state index contributed by atoms with van der Waals surface area (Å²) in [6.07, 6.45) is 6.43. The summed E-state index contributed by atoms with van der Waals surface area (Å²) >= 11 is 0. The molecule has 3 heterocycles. The average Bonchev–Trinajstić information content (AvgIpc) is 3.14. The predicted octanol–water partition coefficient (Wildman–Crippen LogP) is 2.39. The molecule has 1 aliphatic carbocycles. The van der Waals surface area contributed by atoms with Crippen molar-refractivity contribution in [2.75, 3.05) is 16.8 Å². The normalized spacial score (nSPS) is 21.0. The number of carbonyl (C=O) groups excluding carboxylic acids is 1. The lowest BCUT2D eigenvalue weighted by atomic mass is 9.95. The van der Waals surface area contributed by atoms with Gasteiger partial charge in [0.2, 0.25) is 0 Å². The summed E-state index contributed by atoms with van der Waals surface area (Å²) in [5, 5.41) is 7.45. The van der Waals surface area contributed by atoms with Gasteiger partial charge in [-0.25, -0.2) is 8.42 Å². The van der Waals surface area contributed by atoms with Crippen LogP contribution in [0.25, 0.3) is 0 Å². The third-order valence-electron chi connectivity index (χ3n) is 5.55. The minimum atomic E-state index is -3.00. The van der Waals surface area contributed by atoms with E-state index in [2.05, 4.69) is 15.4 Å². The molecule has 8 heteroatoms. The topological polar surface area (TPSA) is 94.0 Å². The van der Waals surface area contributed by atoms with Crippen molar-refractivity contribution in [3.63, 3.8) is 0 Å². The quantitative estimate of drug-likeness (QED) is 0.871. The minimum Gasteiger partial charge on any atom is -0.319 e. The maximum Gasteiger partial charge on any atom is 0.257 e. The zero-order chi connectivity index (χ0) is 19.2. The highest BCUT2D eigenvalue weighted by atomic mass is 32.2. The number of aryl methyl sites for hydroxylation is 3. The Kier molecular flexibility index (Phi) is 4.53. The summed E-state index contributed by atoms with van der Waals surface area (Å²) in [7, 11) is -3.00. The number of fused-ring (bicyclic) bond motifs is 1. The Labute approximate surface area is 159 Å². The van der Waals surface area contributed by atoms with E-state index < -0.39 is 9.84 Å². The van der Waals surface area contributed by atoms with Crippen molar-refractivity contribution in [2.45, 2.75) is 52.0 Å². The van der Waals surface area contributed by atoms with Crippen molar-refractivity contribution in [1.82, 2.24) is 14.8 Å². The van der Waals surface area contributed by atoms with Crippen molar-refractivity contribution in [2.24, 2.45) is 0 Å². The van der Waals surface area contributed by atoms with Gasteiger partial charge < -0.3 is 5.32 Å². The molecule has 1 unspecified atom stereocenters. The fourth-order valence-electron chi connectivity index (χ4n) is 4.07. The van der Waals surface area contributed by atoms with Crippen LogP contribution in [0.5, 0.6) is 0 Å². The summed E-state index contributed by atoms with van der Waals surface area (Å²) in [5.41, 5.74) is 4.94. The standard InChI is InChI=1S/C19H24N4O3S/c1-12-18(13(2)23(22-12)16-7-8-27(25,26)11-16)21-19(24)15-9-14-5-3-4-6-17(14)20-10-15/h9-10,16H,3-8,11H2,1-2H3,(H,21,24). The Morgan fingerprint density at radius 3 is 2.78 bits per heavy atom. The lowest BCUT2D eigenvalue weighted by Crippen LogP contribution is -2.17. The van der Waals surface area contributed by atoms with Crippen molar-refractivity contribution < 1.29 is 13.2 Å². The third-order valence-corrected chi connectivity index (χ3v) is 7.30. The Morgan fingerprint density at radius 2 is 2.04 bits per heavy atom. The van der Waals surface area contributed by atoms with E-state index in [1.807, 2.05) is 19.9 Å². The maximum absolute atomic E-state index is 12.8. The first-order valence-corrected chi connectivity index (χ1v) is 11.2. The van der Waals surface area contributed by atoms with Gasteiger partial charge >= 0.3 is 0 Å². The fraction of sp³-hybridized carbons (Fsp3) is 0.526. The Bertz CT molecular complexity index is 1010. The van der Waals surface area contributed by atoms with Crippen molar-refractivity contribution >= 4 is 21.4 Å². The molecular weight excluding hydrogens is 364 g/mol. The molecule has 144 valence electrons. The number of amides is 1. The number of nitrogens with one attached hydrogen (secondary N) is 1. The van der Waals surface area contributed by atoms with E-state index in [-0.39, 0.29) is 23.5 Å². The maximum atomic E-state index is 12.8. The molecule has 0 bridgehead atoms. The van der Waals surface area contributed by atoms with Gasteiger partial charge in [-0.2, -0.15) is 5.10 Å². The molecule has 1 atom stereocenters. The zero-order valence-corrected chi connectivity index (χ0v) is 16.5. The van der Waals surface area contributed by atoms with Crippen molar-refractivity contribution in [3.8, 4) is 0 Å². The van der Waals surface area contributed by atoms with Crippen LogP contribution >= 0.6 is 0 Å². The summed E-state index contributed by atoms with van der Waals surface area (Å²) in [6, 6.07) is 1.78. The molecule has 1 N–H and O–H groups in total. The number of hydrogen-bond acceptors (Lipinski definition) is 5. The van der Waals surface area contributed by atoms with Gasteiger partial charge in [-0.1, -0.05) is 0 Å². The van der Waals surface area contributed by atoms with E-state index in [4.69, 9.17) is 0 Å². The molecular formula is C19H24N4O3S. The lowest BCUT2D eigenvalue weighted by molar-refractivity contribution is 0.102. The number of carbonyl (C=O) groups is 1. The molecule has 1 amide bonds. The van der Waals surface area contributed by atoms with Crippen LogP contribution in [0, 0.1) is 13.8 Å². The Hall–Kier alpha value is -2.22. The van der Waals surface area contributed by atoms with Gasteiger partial charge in [0.15, 0.2) is 9.84 Å². The molecule has 0 spiro atoms. The molecule has 0 aromatic carbocycles. The SMILES string of the molecule is Cc1nn(C2CCS(=O)(=O)C2)c(C)c1NC(=O)c1cnc2c(c1)CCCC2. The molecule has 1 aliphatic heterocycles. The van der Waals surface area contributed by atoms with E-state index in [9.17, 15) is 13.2 Å². The zero-order valence-electron chi connectivity index (χ0n) is 15.7. The minimum absolute atomic E-state index is 0.108. The first kappa shape index (κ1) is 18.2. The molecule has 0 radical (unpaired) electrons. The van der Waals surface area contributed by atoms with Crippen LogP contribution < -0.4 is 5.32 Å². The largest absolute Gasteiger partial charge is 0.319 e. The highest BCUT2D eigenvalue weighted by Gasteiger charge is 2.31. The summed E-state index contributed by atoms with van der Waals surface area (Å²) < 4.78 is 25.3. The van der Waals surface area contributed by atoms with E-state index in [0.29, 0.717) is 23.4 Å². The van der Waals surface area contributed by atoms with Gasteiger partial charge in [0.05, 0.1) is 40.2 Å². The second-order valence-corrected chi connectivity index (χ2v) is 9.77. The first-order chi connectivity index (χ1) is 12.8. The second-order valence-electron chi connectivity index (χ2n) is 7.54. The summed E-state index contributed by atoms with van der Waals surface area (Å²) in [6.45, 7) is 3.69. The number of aromatic nitrogens is 3. The number of anilines is 1. The van der Waals surface area contributed by atoms with Gasteiger partial charge in [-0.3, -0.25) is 14.5 Å². The summed E-state index contributed by atoms with van der Waals surface area (Å²) in [5.74, 6) is 0.0935. The van der Waals surface area contributed by atoms with Crippen LogP contribution in [0.1, 0.15) is 58.3 Å². The Morgan fingerprint density at radius 1 is 1.26 bits per heavy atom. The third kappa shape index (κ3) is 3.50. The van der Waals surface area contributed by atoms with Crippen LogP contribution in [0.4, 0.5) is 5.69 Å². The number of nitrogens with zero attached hydrogens (tertiary/aromatic N) is 3. The highest BCUT2D eigenvalue weighted by Crippen LogP contribution is 2.29. The molecule has 7 nitrogen and oxygen atoms in total. The van der Waals surface area contributed by atoms with Gasteiger partial charge in [0, 0.05) is 11.9 Å². The van der Waals surface area contributed by atoms with Gasteiger partial charge in [0.1, 0.15) is 0 Å². The van der Waals surface area contributed by atoms with E-state index in [1.54, 1.807) is 10.9 Å². The number of rotatable bonds is 3. The number of pyridine rings is 1. The van der Waals surface area contributed by atoms with Gasteiger partial charge in [0.25, 0.3) is 5.91 Å². The molecule has 1 fully saturated rings. The van der Waals surface area contributed by atoms with Crippen LogP contribution in [0.15, 0.2) is 12.3 Å². The van der Waals surface area contributed by atoms with Crippen molar-refractivity contribution in [1.29, 1.82) is 0 Å². The lowest BCUT2D eigenvalue weighted by Gasteiger charge is -2.15. The van der Waals surface area contributed by atoms with Crippen molar-refractivity contribution in [3.05, 3.63) is 40.5 Å². The van der Waals surface area contributed by atoms with E-state index in [1.165, 1.54) is 0 Å². The fourth-order valence-corrected chi connectivity index (χ4v) is 5.76. The molecule has 2 aliphatic rings. The number of sulfone groups is 1. The monoisotopic (exact) mass is 388 g/mol. The first-order valence-electron chi connectivity index (χ1n) is 9.39. The van der Waals surface area contributed by atoms with Gasteiger partial charge in [-0.05, 0) is 57.6 Å². The Balaban J connectivity index is 1.57. The number of hydrogen-bond donors (Lipinski definition) is 1. The molecule has 1 saturated heterocycles. The molecule has 2 aromatic rings.